The molecule has 2 aromatic carbocycles. The van der Waals surface area contributed by atoms with Crippen LogP contribution >= 0.6 is 0 Å². The number of benzene rings is 2. The molecule has 4 heteroatoms. The molecule has 1 N–H and O–H groups in total. The number of ketones is 1. The Morgan fingerprint density at radius 1 is 1.17 bits per heavy atom. The molecule has 0 radical (unpaired) electrons. The van der Waals surface area contributed by atoms with Crippen LogP contribution < -0.4 is 5.32 Å². The van der Waals surface area contributed by atoms with E-state index >= 15 is 0 Å². The fourth-order valence-electron chi connectivity index (χ4n) is 3.34. The summed E-state index contributed by atoms with van der Waals surface area (Å²) in [7, 11) is 0. The van der Waals surface area contributed by atoms with Gasteiger partial charge in [-0.15, -0.1) is 0 Å². The summed E-state index contributed by atoms with van der Waals surface area (Å²) in [6.07, 6.45) is 4.20. The molecule has 0 fully saturated rings. The van der Waals surface area contributed by atoms with Gasteiger partial charge in [0.25, 0.3) is 0 Å². The first-order chi connectivity index (χ1) is 11.8. The van der Waals surface area contributed by atoms with Crippen molar-refractivity contribution < 1.29 is 4.79 Å². The number of nitrogens with one attached hydrogen (secondary N) is 1. The van der Waals surface area contributed by atoms with Crippen molar-refractivity contribution in [3.05, 3.63) is 65.5 Å². The Balaban J connectivity index is 1.69. The van der Waals surface area contributed by atoms with Gasteiger partial charge in [0.2, 0.25) is 0 Å². The Kier molecular flexibility index (Phi) is 3.73. The molecule has 120 valence electrons. The maximum atomic E-state index is 12.8. The van der Waals surface area contributed by atoms with Crippen LogP contribution in [0.2, 0.25) is 0 Å². The Hall–Kier alpha value is -2.75. The van der Waals surface area contributed by atoms with Gasteiger partial charge in [0.15, 0.2) is 5.78 Å². The zero-order valence-electron chi connectivity index (χ0n) is 13.6. The number of aryl methyl sites for hydroxylation is 2. The van der Waals surface area contributed by atoms with Crippen LogP contribution in [-0.4, -0.2) is 21.8 Å². The molecule has 24 heavy (non-hydrogen) atoms. The Bertz CT molecular complexity index is 920. The number of carbonyl (C=O) groups is 1. The minimum Gasteiger partial charge on any atom is -0.359 e. The molecule has 0 aliphatic heterocycles. The zero-order valence-corrected chi connectivity index (χ0v) is 13.6. The highest BCUT2D eigenvalue weighted by Crippen LogP contribution is 2.26. The van der Waals surface area contributed by atoms with E-state index in [1.165, 1.54) is 5.56 Å². The molecule has 1 atom stereocenters. The smallest absolute Gasteiger partial charge is 0.185 e. The standard InChI is InChI=1S/C20H19N3O/c1-2-13-7-9-17-16(11-13)20(22-12-21-17)23-18-10-8-14-5-3-4-6-15(14)19(18)24/h3-7,9,11-12,18H,2,8,10H2,1H3,(H,21,22,23). The number of hydrogen-bond donors (Lipinski definition) is 1. The molecule has 4 rings (SSSR count). The second-order valence-electron chi connectivity index (χ2n) is 6.18. The molecule has 0 amide bonds. The number of fused-ring (bicyclic) bond motifs is 2. The maximum Gasteiger partial charge on any atom is 0.185 e. The van der Waals surface area contributed by atoms with Gasteiger partial charge in [-0.25, -0.2) is 9.97 Å². The lowest BCUT2D eigenvalue weighted by molar-refractivity contribution is 0.0957. The summed E-state index contributed by atoms with van der Waals surface area (Å²) < 4.78 is 0. The van der Waals surface area contributed by atoms with E-state index in [2.05, 4.69) is 34.3 Å². The summed E-state index contributed by atoms with van der Waals surface area (Å²) in [5.41, 5.74) is 4.10. The molecular weight excluding hydrogens is 298 g/mol. The molecule has 1 unspecified atom stereocenters. The number of rotatable bonds is 3. The van der Waals surface area contributed by atoms with Gasteiger partial charge >= 0.3 is 0 Å². The second-order valence-corrected chi connectivity index (χ2v) is 6.18. The Morgan fingerprint density at radius 3 is 2.92 bits per heavy atom. The van der Waals surface area contributed by atoms with E-state index in [-0.39, 0.29) is 11.8 Å². The number of anilines is 1. The molecule has 0 bridgehead atoms. The molecule has 4 nitrogen and oxygen atoms in total. The highest BCUT2D eigenvalue weighted by molar-refractivity contribution is 6.04. The molecule has 1 aliphatic rings. The predicted molar refractivity (Wildman–Crippen MR) is 95.4 cm³/mol. The SMILES string of the molecule is CCc1ccc2ncnc(NC3CCc4ccccc4C3=O)c2c1. The quantitative estimate of drug-likeness (QED) is 0.798. The van der Waals surface area contributed by atoms with Crippen LogP contribution in [0.3, 0.4) is 0 Å². The van der Waals surface area contributed by atoms with Gasteiger partial charge in [-0.05, 0) is 42.5 Å². The fourth-order valence-corrected chi connectivity index (χ4v) is 3.34. The van der Waals surface area contributed by atoms with Crippen molar-refractivity contribution in [3.63, 3.8) is 0 Å². The number of hydrogen-bond acceptors (Lipinski definition) is 4. The lowest BCUT2D eigenvalue weighted by Crippen LogP contribution is -2.34. The van der Waals surface area contributed by atoms with E-state index in [1.807, 2.05) is 30.3 Å². The third-order valence-electron chi connectivity index (χ3n) is 4.72. The summed E-state index contributed by atoms with van der Waals surface area (Å²) in [4.78, 5) is 21.5. The fraction of sp³-hybridized carbons (Fsp3) is 0.250. The summed E-state index contributed by atoms with van der Waals surface area (Å²) in [6.45, 7) is 2.12. The molecule has 0 saturated heterocycles. The van der Waals surface area contributed by atoms with E-state index in [4.69, 9.17) is 0 Å². The van der Waals surface area contributed by atoms with Crippen LogP contribution in [0.1, 0.15) is 34.8 Å². The molecular formula is C20H19N3O. The average Bonchev–Trinajstić information content (AvgIpc) is 2.64. The number of aromatic nitrogens is 2. The Morgan fingerprint density at radius 2 is 2.04 bits per heavy atom. The largest absolute Gasteiger partial charge is 0.359 e. The van der Waals surface area contributed by atoms with Gasteiger partial charge in [-0.1, -0.05) is 37.3 Å². The lowest BCUT2D eigenvalue weighted by Gasteiger charge is -2.25. The van der Waals surface area contributed by atoms with Crippen LogP contribution in [0.15, 0.2) is 48.8 Å². The Labute approximate surface area is 141 Å². The highest BCUT2D eigenvalue weighted by atomic mass is 16.1. The first kappa shape index (κ1) is 14.8. The molecule has 1 aromatic heterocycles. The maximum absolute atomic E-state index is 12.8. The van der Waals surface area contributed by atoms with Crippen molar-refractivity contribution in [2.45, 2.75) is 32.2 Å². The third kappa shape index (κ3) is 2.54. The molecule has 3 aromatic rings. The van der Waals surface area contributed by atoms with Crippen molar-refractivity contribution >= 4 is 22.5 Å². The normalized spacial score (nSPS) is 16.9. The third-order valence-corrected chi connectivity index (χ3v) is 4.72. The number of carbonyl (C=O) groups excluding carboxylic acids is 1. The summed E-state index contributed by atoms with van der Waals surface area (Å²) in [6, 6.07) is 13.8. The van der Waals surface area contributed by atoms with E-state index in [0.29, 0.717) is 0 Å². The van der Waals surface area contributed by atoms with E-state index < -0.39 is 0 Å². The first-order valence-electron chi connectivity index (χ1n) is 8.38. The topological polar surface area (TPSA) is 54.9 Å². The predicted octanol–water partition coefficient (Wildman–Crippen LogP) is 3.80. The van der Waals surface area contributed by atoms with Crippen LogP contribution in [0, 0.1) is 0 Å². The van der Waals surface area contributed by atoms with Gasteiger partial charge in [-0.2, -0.15) is 0 Å². The number of nitrogens with zero attached hydrogens (tertiary/aromatic N) is 2. The lowest BCUT2D eigenvalue weighted by atomic mass is 9.87. The number of Topliss-reactive ketones (excluding diaryl/α,β-unsaturated/α-hetero) is 1. The first-order valence-corrected chi connectivity index (χ1v) is 8.38. The summed E-state index contributed by atoms with van der Waals surface area (Å²) >= 11 is 0. The minimum atomic E-state index is -0.233. The van der Waals surface area contributed by atoms with Gasteiger partial charge in [0.05, 0.1) is 11.6 Å². The van der Waals surface area contributed by atoms with Crippen molar-refractivity contribution in [2.24, 2.45) is 0 Å². The van der Waals surface area contributed by atoms with E-state index in [1.54, 1.807) is 6.33 Å². The minimum absolute atomic E-state index is 0.148. The summed E-state index contributed by atoms with van der Waals surface area (Å²) in [5, 5.41) is 4.34. The second kappa shape index (κ2) is 6.04. The van der Waals surface area contributed by atoms with Gasteiger partial charge in [0.1, 0.15) is 12.1 Å². The van der Waals surface area contributed by atoms with Crippen LogP contribution in [-0.2, 0) is 12.8 Å². The molecule has 1 heterocycles. The van der Waals surface area contributed by atoms with Crippen LogP contribution in [0.25, 0.3) is 10.9 Å². The van der Waals surface area contributed by atoms with E-state index in [0.717, 1.165) is 47.1 Å². The van der Waals surface area contributed by atoms with Gasteiger partial charge in [-0.3, -0.25) is 4.79 Å². The molecule has 0 spiro atoms. The van der Waals surface area contributed by atoms with Crippen molar-refractivity contribution in [3.8, 4) is 0 Å². The van der Waals surface area contributed by atoms with Crippen molar-refractivity contribution in [1.29, 1.82) is 0 Å². The average molecular weight is 317 g/mol. The molecule has 0 saturated carbocycles. The van der Waals surface area contributed by atoms with Crippen molar-refractivity contribution in [2.75, 3.05) is 5.32 Å². The van der Waals surface area contributed by atoms with Crippen molar-refractivity contribution in [1.82, 2.24) is 9.97 Å². The van der Waals surface area contributed by atoms with Crippen LogP contribution in [0.4, 0.5) is 5.82 Å². The van der Waals surface area contributed by atoms with Gasteiger partial charge in [0, 0.05) is 10.9 Å². The van der Waals surface area contributed by atoms with E-state index in [9.17, 15) is 4.79 Å². The monoisotopic (exact) mass is 317 g/mol. The zero-order chi connectivity index (χ0) is 16.5. The van der Waals surface area contributed by atoms with Crippen LogP contribution in [0.5, 0.6) is 0 Å². The summed E-state index contributed by atoms with van der Waals surface area (Å²) in [5.74, 6) is 0.892. The van der Waals surface area contributed by atoms with Gasteiger partial charge < -0.3 is 5.32 Å². The highest BCUT2D eigenvalue weighted by Gasteiger charge is 2.27. The molecule has 1 aliphatic carbocycles.